The molecular weight excluding hydrogens is 687 g/mol. The molecule has 4 aromatic rings. The maximum Gasteiger partial charge on any atom is 0.171 e. The van der Waals surface area contributed by atoms with Gasteiger partial charge in [0, 0.05) is 68.8 Å². The number of pyridine rings is 1. The number of aliphatic imine (C=N–C) groups is 2. The quantitative estimate of drug-likeness (QED) is 0.200. The van der Waals surface area contributed by atoms with Crippen molar-refractivity contribution in [2.24, 2.45) is 21.8 Å². The third-order valence-corrected chi connectivity index (χ3v) is 13.2. The van der Waals surface area contributed by atoms with Crippen LogP contribution in [0, 0.1) is 11.8 Å². The van der Waals surface area contributed by atoms with Crippen LogP contribution in [0.25, 0.3) is 38.8 Å². The highest BCUT2D eigenvalue weighted by atomic mass is 16.3. The van der Waals surface area contributed by atoms with Crippen LogP contribution in [-0.2, 0) is 0 Å². The van der Waals surface area contributed by atoms with Gasteiger partial charge in [-0.25, -0.2) is 9.98 Å². The molecule has 0 fully saturated rings. The van der Waals surface area contributed by atoms with Gasteiger partial charge in [-0.3, -0.25) is 4.98 Å². The van der Waals surface area contributed by atoms with E-state index in [4.69, 9.17) is 19.4 Å². The van der Waals surface area contributed by atoms with Crippen molar-refractivity contribution in [1.29, 1.82) is 0 Å². The van der Waals surface area contributed by atoms with Crippen LogP contribution in [0.3, 0.4) is 0 Å². The van der Waals surface area contributed by atoms with Crippen LogP contribution in [0.4, 0.5) is 5.69 Å². The number of hydrogen-bond donors (Lipinski definition) is 1. The van der Waals surface area contributed by atoms with Crippen molar-refractivity contribution < 1.29 is 4.42 Å². The summed E-state index contributed by atoms with van der Waals surface area (Å²) in [7, 11) is 0. The van der Waals surface area contributed by atoms with E-state index in [-0.39, 0.29) is 0 Å². The second kappa shape index (κ2) is 14.2. The maximum absolute atomic E-state index is 7.03. The molecule has 0 bridgehead atoms. The molecule has 5 aliphatic carbocycles. The van der Waals surface area contributed by atoms with Crippen LogP contribution in [0.1, 0.15) is 106 Å². The molecule has 7 aliphatic rings. The van der Waals surface area contributed by atoms with E-state index in [9.17, 15) is 0 Å². The third-order valence-electron chi connectivity index (χ3n) is 13.2. The van der Waals surface area contributed by atoms with E-state index in [1.165, 1.54) is 22.5 Å². The minimum absolute atomic E-state index is 0.360. The third kappa shape index (κ3) is 5.79. The van der Waals surface area contributed by atoms with Crippen molar-refractivity contribution in [3.05, 3.63) is 138 Å². The molecule has 0 spiro atoms. The van der Waals surface area contributed by atoms with Crippen molar-refractivity contribution in [3.63, 3.8) is 0 Å². The monoisotopic (exact) mass is 735 g/mol. The Labute approximate surface area is 329 Å². The lowest BCUT2D eigenvalue weighted by atomic mass is 9.85. The molecule has 11 rings (SSSR count). The van der Waals surface area contributed by atoms with Crippen LogP contribution < -0.4 is 10.2 Å². The molecular formula is C50H49N5O. The average molecular weight is 736 g/mol. The first kappa shape index (κ1) is 33.8. The number of allylic oxidation sites excluding steroid dienone is 12. The summed E-state index contributed by atoms with van der Waals surface area (Å²) >= 11 is 0. The van der Waals surface area contributed by atoms with Gasteiger partial charge >= 0.3 is 0 Å². The first-order valence-electron chi connectivity index (χ1n) is 21.2. The number of rotatable bonds is 6. The molecule has 0 saturated carbocycles. The van der Waals surface area contributed by atoms with Gasteiger partial charge in [-0.05, 0) is 119 Å². The van der Waals surface area contributed by atoms with Gasteiger partial charge in [0.1, 0.15) is 22.8 Å². The predicted octanol–water partition coefficient (Wildman–Crippen LogP) is 12.3. The van der Waals surface area contributed by atoms with E-state index in [1.807, 2.05) is 0 Å². The Morgan fingerprint density at radius 2 is 1.59 bits per heavy atom. The molecule has 2 aliphatic heterocycles. The molecule has 6 heteroatoms. The Kier molecular flexibility index (Phi) is 8.59. The summed E-state index contributed by atoms with van der Waals surface area (Å²) < 4.78 is 7.03. The highest BCUT2D eigenvalue weighted by Crippen LogP contribution is 2.53. The van der Waals surface area contributed by atoms with Gasteiger partial charge in [0.25, 0.3) is 0 Å². The lowest BCUT2D eigenvalue weighted by Crippen LogP contribution is -2.43. The number of aromatic nitrogens is 1. The number of furan rings is 1. The SMILES string of the molecule is C1=CCCC(c2cnc(-c3cccc4oc5c6c(ccc5c34)N(C3=CCCC=C3)C3CC=CCC63)c(C3N=C(C4CC=CCC4)NC(C4CC=CCC4)=N3)c2)=C1. The molecule has 0 saturated heterocycles. The van der Waals surface area contributed by atoms with Gasteiger partial charge in [0.15, 0.2) is 6.17 Å². The number of benzene rings is 2. The molecule has 56 heavy (non-hydrogen) atoms. The van der Waals surface area contributed by atoms with Crippen LogP contribution in [0.2, 0.25) is 0 Å². The van der Waals surface area contributed by atoms with E-state index in [2.05, 4.69) is 126 Å². The van der Waals surface area contributed by atoms with Gasteiger partial charge in [0.05, 0.1) is 5.69 Å². The van der Waals surface area contributed by atoms with E-state index < -0.39 is 6.17 Å². The minimum Gasteiger partial charge on any atom is -0.456 e. The summed E-state index contributed by atoms with van der Waals surface area (Å²) in [5, 5.41) is 6.10. The van der Waals surface area contributed by atoms with Crippen molar-refractivity contribution >= 4 is 44.9 Å². The lowest BCUT2D eigenvalue weighted by Gasteiger charge is -2.33. The molecule has 4 unspecified atom stereocenters. The van der Waals surface area contributed by atoms with Gasteiger partial charge in [-0.1, -0.05) is 79.0 Å². The van der Waals surface area contributed by atoms with E-state index in [0.717, 1.165) is 133 Å². The first-order valence-corrected chi connectivity index (χ1v) is 21.2. The molecule has 1 N–H and O–H groups in total. The lowest BCUT2D eigenvalue weighted by molar-refractivity contribution is 0.533. The first-order chi connectivity index (χ1) is 27.8. The van der Waals surface area contributed by atoms with Gasteiger partial charge < -0.3 is 14.6 Å². The van der Waals surface area contributed by atoms with Crippen LogP contribution >= 0.6 is 0 Å². The Balaban J connectivity index is 1.10. The molecule has 4 heterocycles. The summed E-state index contributed by atoms with van der Waals surface area (Å²) in [6.45, 7) is 0. The van der Waals surface area contributed by atoms with Crippen LogP contribution in [0.15, 0.2) is 136 Å². The number of amidine groups is 2. The summed E-state index contributed by atoms with van der Waals surface area (Å²) in [6.07, 6.45) is 42.2. The van der Waals surface area contributed by atoms with Gasteiger partial charge in [-0.15, -0.1) is 0 Å². The van der Waals surface area contributed by atoms with Gasteiger partial charge in [0.2, 0.25) is 0 Å². The predicted molar refractivity (Wildman–Crippen MR) is 231 cm³/mol. The molecule has 6 nitrogen and oxygen atoms in total. The summed E-state index contributed by atoms with van der Waals surface area (Å²) in [4.78, 5) is 19.0. The summed E-state index contributed by atoms with van der Waals surface area (Å²) in [6, 6.07) is 13.9. The van der Waals surface area contributed by atoms with Crippen LogP contribution in [-0.4, -0.2) is 22.7 Å². The van der Waals surface area contributed by atoms with E-state index in [1.54, 1.807) is 0 Å². The van der Waals surface area contributed by atoms with Crippen molar-refractivity contribution in [3.8, 4) is 11.3 Å². The molecule has 2 aromatic carbocycles. The fourth-order valence-electron chi connectivity index (χ4n) is 10.4. The smallest absolute Gasteiger partial charge is 0.171 e. The Morgan fingerprint density at radius 1 is 0.768 bits per heavy atom. The summed E-state index contributed by atoms with van der Waals surface area (Å²) in [5.41, 5.74) is 11.5. The fraction of sp³-hybridized carbons (Fsp3) is 0.340. The molecule has 4 atom stereocenters. The zero-order valence-corrected chi connectivity index (χ0v) is 32.0. The van der Waals surface area contributed by atoms with Crippen molar-refractivity contribution in [2.45, 2.75) is 95.2 Å². The number of anilines is 1. The fourth-order valence-corrected chi connectivity index (χ4v) is 10.4. The molecule has 280 valence electrons. The van der Waals surface area contributed by atoms with Crippen molar-refractivity contribution in [1.82, 2.24) is 10.3 Å². The molecule has 2 aromatic heterocycles. The second-order valence-electron chi connectivity index (χ2n) is 16.6. The largest absolute Gasteiger partial charge is 0.456 e. The van der Waals surface area contributed by atoms with Crippen molar-refractivity contribution in [2.75, 3.05) is 4.90 Å². The van der Waals surface area contributed by atoms with E-state index in [0.29, 0.717) is 23.8 Å². The summed E-state index contributed by atoms with van der Waals surface area (Å²) in [5.74, 6) is 3.27. The Morgan fingerprint density at radius 3 is 2.34 bits per heavy atom. The second-order valence-corrected chi connectivity index (χ2v) is 16.6. The number of nitrogens with one attached hydrogen (secondary N) is 1. The highest BCUT2D eigenvalue weighted by molar-refractivity contribution is 6.14. The van der Waals surface area contributed by atoms with Crippen LogP contribution in [0.5, 0.6) is 0 Å². The maximum atomic E-state index is 7.03. The number of hydrogen-bond acceptors (Lipinski definition) is 6. The molecule has 0 radical (unpaired) electrons. The number of nitrogens with zero attached hydrogens (tertiary/aromatic N) is 4. The number of fused-ring (bicyclic) bond motifs is 7. The highest BCUT2D eigenvalue weighted by Gasteiger charge is 2.42. The average Bonchev–Trinajstić information content (AvgIpc) is 3.83. The van der Waals surface area contributed by atoms with E-state index >= 15 is 0 Å². The Hall–Kier alpha value is -5.49. The molecule has 0 amide bonds. The zero-order chi connectivity index (χ0) is 37.0. The normalized spacial score (nSPS) is 26.8. The standard InChI is InChI=1S/C50H49N5O/c1-5-16-32(17-6-1)35-30-40(50-53-48(33-18-7-2-8-19-33)52-49(54-50)34-20-9-3-10-21-34)46(51-31-35)38-25-15-27-43-44(38)39-28-29-42-45(47(39)56-43)37-24-13-14-26-41(37)55(42)36-22-11-4-12-23-36/h1-3,5,7,9,11,13-16,22-23,25,27-31,33-34,37,41,50H,4,6,8,10,12,17-21,24,26H2,(H,52,53,54). The minimum atomic E-state index is -0.391. The zero-order valence-electron chi connectivity index (χ0n) is 32.0. The topological polar surface area (TPSA) is 66.0 Å². The van der Waals surface area contributed by atoms with Gasteiger partial charge in [-0.2, -0.15) is 0 Å². The Bertz CT molecular complexity index is 2480.